The van der Waals surface area contributed by atoms with Crippen molar-refractivity contribution in [3.05, 3.63) is 75.6 Å². The summed E-state index contributed by atoms with van der Waals surface area (Å²) in [5.74, 6) is -0.829. The Balaban J connectivity index is 1.92. The Morgan fingerprint density at radius 2 is 1.88 bits per heavy atom. The normalized spacial score (nSPS) is 10.5. The zero-order chi connectivity index (χ0) is 18.8. The standard InChI is InChI=1S/C18H16N4O4/c1-11-17(12(2)21(20-11)13-6-4-3-5-7-13)18(24)19-15-9-8-14(22(25)26)10-16(15)23/h3-10,23H,1-2H3,(H,19,24). The van der Waals surface area contributed by atoms with Gasteiger partial charge in [0.1, 0.15) is 5.75 Å². The number of aryl methyl sites for hydroxylation is 1. The number of nitro benzene ring substituents is 1. The van der Waals surface area contributed by atoms with Gasteiger partial charge in [0.25, 0.3) is 11.6 Å². The Kier molecular flexibility index (Phi) is 4.40. The molecule has 8 nitrogen and oxygen atoms in total. The molecule has 0 bridgehead atoms. The number of nitrogens with zero attached hydrogens (tertiary/aromatic N) is 3. The van der Waals surface area contributed by atoms with Crippen molar-refractivity contribution >= 4 is 17.3 Å². The SMILES string of the molecule is Cc1nn(-c2ccccc2)c(C)c1C(=O)Nc1ccc([N+](=O)[O-])cc1O. The van der Waals surface area contributed by atoms with Crippen LogP contribution in [0.2, 0.25) is 0 Å². The number of amides is 1. The first kappa shape index (κ1) is 17.2. The van der Waals surface area contributed by atoms with E-state index in [1.165, 1.54) is 12.1 Å². The number of carbonyl (C=O) groups excluding carboxylic acids is 1. The third-order valence-electron chi connectivity index (χ3n) is 3.96. The molecule has 132 valence electrons. The molecule has 0 radical (unpaired) electrons. The van der Waals surface area contributed by atoms with E-state index in [4.69, 9.17) is 0 Å². The highest BCUT2D eigenvalue weighted by Gasteiger charge is 2.21. The van der Waals surface area contributed by atoms with Crippen LogP contribution in [0.15, 0.2) is 48.5 Å². The first-order valence-electron chi connectivity index (χ1n) is 7.79. The lowest BCUT2D eigenvalue weighted by Gasteiger charge is -2.08. The molecular weight excluding hydrogens is 336 g/mol. The maximum atomic E-state index is 12.7. The van der Waals surface area contributed by atoms with Gasteiger partial charge in [-0.1, -0.05) is 18.2 Å². The lowest BCUT2D eigenvalue weighted by atomic mass is 10.1. The fourth-order valence-electron chi connectivity index (χ4n) is 2.72. The predicted molar refractivity (Wildman–Crippen MR) is 95.8 cm³/mol. The second kappa shape index (κ2) is 6.67. The van der Waals surface area contributed by atoms with E-state index in [1.807, 2.05) is 30.3 Å². The molecule has 1 aromatic heterocycles. The summed E-state index contributed by atoms with van der Waals surface area (Å²) in [6.07, 6.45) is 0. The van der Waals surface area contributed by atoms with Crippen molar-refractivity contribution in [2.45, 2.75) is 13.8 Å². The molecule has 0 fully saturated rings. The molecule has 3 rings (SSSR count). The summed E-state index contributed by atoms with van der Waals surface area (Å²) in [6.45, 7) is 3.49. The number of nitrogens with one attached hydrogen (secondary N) is 1. The second-order valence-electron chi connectivity index (χ2n) is 5.71. The van der Waals surface area contributed by atoms with Gasteiger partial charge in [-0.2, -0.15) is 5.10 Å². The van der Waals surface area contributed by atoms with Crippen molar-refractivity contribution in [2.75, 3.05) is 5.32 Å². The molecule has 0 aliphatic rings. The van der Waals surface area contributed by atoms with E-state index in [-0.39, 0.29) is 17.1 Å². The number of anilines is 1. The number of hydrogen-bond acceptors (Lipinski definition) is 5. The van der Waals surface area contributed by atoms with Gasteiger partial charge in [-0.3, -0.25) is 14.9 Å². The first-order valence-corrected chi connectivity index (χ1v) is 7.79. The van der Waals surface area contributed by atoms with E-state index in [1.54, 1.807) is 18.5 Å². The number of phenolic OH excluding ortho intramolecular Hbond substituents is 1. The van der Waals surface area contributed by atoms with Crippen molar-refractivity contribution in [2.24, 2.45) is 0 Å². The van der Waals surface area contributed by atoms with E-state index < -0.39 is 10.8 Å². The molecule has 2 aromatic carbocycles. The lowest BCUT2D eigenvalue weighted by molar-refractivity contribution is -0.384. The van der Waals surface area contributed by atoms with Crippen molar-refractivity contribution in [3.8, 4) is 11.4 Å². The van der Waals surface area contributed by atoms with Gasteiger partial charge < -0.3 is 10.4 Å². The van der Waals surface area contributed by atoms with E-state index in [0.29, 0.717) is 17.0 Å². The number of hydrogen-bond donors (Lipinski definition) is 2. The van der Waals surface area contributed by atoms with Crippen LogP contribution < -0.4 is 5.32 Å². The van der Waals surface area contributed by atoms with E-state index >= 15 is 0 Å². The number of carbonyl (C=O) groups is 1. The predicted octanol–water partition coefficient (Wildman–Crippen LogP) is 3.36. The van der Waals surface area contributed by atoms with Crippen LogP contribution in [-0.4, -0.2) is 25.7 Å². The summed E-state index contributed by atoms with van der Waals surface area (Å²) in [5, 5.41) is 27.6. The zero-order valence-corrected chi connectivity index (χ0v) is 14.1. The molecule has 0 saturated carbocycles. The Morgan fingerprint density at radius 3 is 2.50 bits per heavy atom. The number of phenols is 1. The van der Waals surface area contributed by atoms with Crippen molar-refractivity contribution in [1.82, 2.24) is 9.78 Å². The summed E-state index contributed by atoms with van der Waals surface area (Å²) in [7, 11) is 0. The van der Waals surface area contributed by atoms with Crippen LogP contribution >= 0.6 is 0 Å². The number of aromatic nitrogens is 2. The van der Waals surface area contributed by atoms with Crippen LogP contribution in [-0.2, 0) is 0 Å². The average Bonchev–Trinajstić information content (AvgIpc) is 2.91. The largest absolute Gasteiger partial charge is 0.506 e. The molecule has 1 heterocycles. The van der Waals surface area contributed by atoms with Gasteiger partial charge in [0.2, 0.25) is 0 Å². The number of rotatable bonds is 4. The van der Waals surface area contributed by atoms with Gasteiger partial charge in [-0.05, 0) is 32.0 Å². The number of non-ortho nitro benzene ring substituents is 1. The van der Waals surface area contributed by atoms with Crippen LogP contribution in [0.5, 0.6) is 5.75 Å². The molecule has 2 N–H and O–H groups in total. The molecular formula is C18H16N4O4. The van der Waals surface area contributed by atoms with Gasteiger partial charge in [-0.15, -0.1) is 0 Å². The number of nitro groups is 1. The Bertz CT molecular complexity index is 996. The summed E-state index contributed by atoms with van der Waals surface area (Å²) in [6, 6.07) is 12.9. The van der Waals surface area contributed by atoms with Crippen molar-refractivity contribution in [3.63, 3.8) is 0 Å². The summed E-state index contributed by atoms with van der Waals surface area (Å²) in [5.41, 5.74) is 2.21. The summed E-state index contributed by atoms with van der Waals surface area (Å²) in [4.78, 5) is 22.8. The Hall–Kier alpha value is -3.68. The minimum absolute atomic E-state index is 0.0897. The van der Waals surface area contributed by atoms with E-state index in [0.717, 1.165) is 11.8 Å². The first-order chi connectivity index (χ1) is 12.4. The molecule has 0 atom stereocenters. The monoisotopic (exact) mass is 352 g/mol. The smallest absolute Gasteiger partial charge is 0.273 e. The Labute approximate surface area is 148 Å². The molecule has 3 aromatic rings. The van der Waals surface area contributed by atoms with Crippen molar-refractivity contribution < 1.29 is 14.8 Å². The highest BCUT2D eigenvalue weighted by molar-refractivity contribution is 6.06. The third kappa shape index (κ3) is 3.12. The summed E-state index contributed by atoms with van der Waals surface area (Å²) >= 11 is 0. The molecule has 0 aliphatic heterocycles. The number of benzene rings is 2. The van der Waals surface area contributed by atoms with Gasteiger partial charge in [0.15, 0.2) is 0 Å². The molecule has 0 unspecified atom stereocenters. The topological polar surface area (TPSA) is 110 Å². The van der Waals surface area contributed by atoms with Gasteiger partial charge >= 0.3 is 0 Å². The van der Waals surface area contributed by atoms with Crippen LogP contribution in [0.3, 0.4) is 0 Å². The lowest BCUT2D eigenvalue weighted by Crippen LogP contribution is -2.14. The number of para-hydroxylation sites is 1. The van der Waals surface area contributed by atoms with Gasteiger partial charge in [-0.25, -0.2) is 4.68 Å². The second-order valence-corrected chi connectivity index (χ2v) is 5.71. The third-order valence-corrected chi connectivity index (χ3v) is 3.96. The highest BCUT2D eigenvalue weighted by Crippen LogP contribution is 2.29. The van der Waals surface area contributed by atoms with Crippen molar-refractivity contribution in [1.29, 1.82) is 0 Å². The average molecular weight is 352 g/mol. The highest BCUT2D eigenvalue weighted by atomic mass is 16.6. The molecule has 1 amide bonds. The fraction of sp³-hybridized carbons (Fsp3) is 0.111. The molecule has 0 spiro atoms. The zero-order valence-electron chi connectivity index (χ0n) is 14.1. The quantitative estimate of drug-likeness (QED) is 0.425. The molecule has 8 heteroatoms. The fourth-order valence-corrected chi connectivity index (χ4v) is 2.72. The maximum Gasteiger partial charge on any atom is 0.273 e. The maximum absolute atomic E-state index is 12.7. The van der Waals surface area contributed by atoms with Crippen LogP contribution in [0.25, 0.3) is 5.69 Å². The minimum Gasteiger partial charge on any atom is -0.506 e. The minimum atomic E-state index is -0.622. The number of aromatic hydroxyl groups is 1. The van der Waals surface area contributed by atoms with Crippen LogP contribution in [0.4, 0.5) is 11.4 Å². The van der Waals surface area contributed by atoms with Crippen LogP contribution in [0, 0.1) is 24.0 Å². The van der Waals surface area contributed by atoms with Gasteiger partial charge in [0, 0.05) is 6.07 Å². The van der Waals surface area contributed by atoms with E-state index in [9.17, 15) is 20.0 Å². The van der Waals surface area contributed by atoms with Crippen LogP contribution in [0.1, 0.15) is 21.7 Å². The van der Waals surface area contributed by atoms with Gasteiger partial charge in [0.05, 0.1) is 39.3 Å². The summed E-state index contributed by atoms with van der Waals surface area (Å²) < 4.78 is 1.67. The molecule has 0 saturated heterocycles. The van der Waals surface area contributed by atoms with E-state index in [2.05, 4.69) is 10.4 Å². The Morgan fingerprint density at radius 1 is 1.19 bits per heavy atom. The molecule has 26 heavy (non-hydrogen) atoms. The molecule has 0 aliphatic carbocycles.